The van der Waals surface area contributed by atoms with E-state index >= 15 is 0 Å². The molecule has 0 atom stereocenters. The molecule has 0 saturated carbocycles. The monoisotopic (exact) mass is 189 g/mol. The molecule has 0 aromatic heterocycles. The van der Waals surface area contributed by atoms with Crippen molar-refractivity contribution in [2.24, 2.45) is 0 Å². The predicted molar refractivity (Wildman–Crippen MR) is 48.2 cm³/mol. The normalized spacial score (nSPS) is 9.14. The Labute approximate surface area is 80.4 Å². The molecule has 0 amide bonds. The summed E-state index contributed by atoms with van der Waals surface area (Å²) in [6.07, 6.45) is 0.572. The maximum absolute atomic E-state index is 10.8. The third-order valence-electron chi connectivity index (χ3n) is 1.97. The molecule has 0 fully saturated rings. The minimum absolute atomic E-state index is 0.0700. The summed E-state index contributed by atoms with van der Waals surface area (Å²) in [6.45, 7) is 1.51. The Morgan fingerprint density at radius 2 is 2.21 bits per heavy atom. The average Bonchev–Trinajstić information content (AvgIpc) is 2.16. The van der Waals surface area contributed by atoms with E-state index in [1.807, 2.05) is 0 Å². The lowest BCUT2D eigenvalue weighted by Crippen LogP contribution is -2.05. The topological polar surface area (TPSA) is 78.2 Å². The highest BCUT2D eigenvalue weighted by molar-refractivity contribution is 5.95. The lowest BCUT2D eigenvalue weighted by molar-refractivity contribution is 0.0696. The quantitative estimate of drug-likeness (QED) is 0.713. The summed E-state index contributed by atoms with van der Waals surface area (Å²) in [5.41, 5.74) is 0.589. The first-order valence-corrected chi connectivity index (χ1v) is 3.84. The first-order valence-electron chi connectivity index (χ1n) is 3.84. The van der Waals surface area contributed by atoms with Gasteiger partial charge in [0.25, 0.3) is 0 Å². The molecule has 0 radical (unpaired) electrons. The number of carbonyl (C=O) groups is 2. The van der Waals surface area contributed by atoms with Crippen LogP contribution >= 0.6 is 0 Å². The zero-order chi connectivity index (χ0) is 10.7. The van der Waals surface area contributed by atoms with E-state index in [2.05, 4.69) is 0 Å². The van der Waals surface area contributed by atoms with Crippen LogP contribution in [0.1, 0.15) is 31.8 Å². The van der Waals surface area contributed by atoms with Gasteiger partial charge in [-0.3, -0.25) is 4.79 Å². The molecule has 0 unspecified atom stereocenters. The number of hydrogen-bond donors (Lipinski definition) is 1. The third kappa shape index (κ3) is 1.48. The van der Waals surface area contributed by atoms with E-state index < -0.39 is 5.97 Å². The van der Waals surface area contributed by atoms with E-state index in [9.17, 15) is 9.59 Å². The Morgan fingerprint density at radius 1 is 1.57 bits per heavy atom. The van der Waals surface area contributed by atoms with E-state index in [0.29, 0.717) is 17.4 Å². The van der Waals surface area contributed by atoms with Crippen LogP contribution in [0.15, 0.2) is 12.1 Å². The highest BCUT2D eigenvalue weighted by Crippen LogP contribution is 2.16. The average molecular weight is 189 g/mol. The molecule has 4 heteroatoms. The standard InChI is InChI=1S/C10H7NO3/c1-6-8(5-12)3-2-7(4-11)9(6)10(13)14/h2-3,5H,1H3,(H,13,14). The third-order valence-corrected chi connectivity index (χ3v) is 1.97. The molecule has 0 aliphatic heterocycles. The van der Waals surface area contributed by atoms with Gasteiger partial charge in [0.15, 0.2) is 0 Å². The van der Waals surface area contributed by atoms with Gasteiger partial charge in [0.05, 0.1) is 11.1 Å². The fraction of sp³-hybridized carbons (Fsp3) is 0.100. The molecule has 1 rings (SSSR count). The Bertz CT molecular complexity index is 443. The summed E-state index contributed by atoms with van der Waals surface area (Å²) in [6, 6.07) is 4.54. The SMILES string of the molecule is Cc1c(C=O)ccc(C#N)c1C(=O)O. The van der Waals surface area contributed by atoms with Crippen molar-refractivity contribution in [2.75, 3.05) is 0 Å². The molecular formula is C10H7NO3. The van der Waals surface area contributed by atoms with Crippen LogP contribution in [0.3, 0.4) is 0 Å². The van der Waals surface area contributed by atoms with Crippen molar-refractivity contribution in [1.29, 1.82) is 5.26 Å². The van der Waals surface area contributed by atoms with E-state index in [0.717, 1.165) is 0 Å². The Kier molecular flexibility index (Phi) is 2.63. The molecule has 1 aromatic carbocycles. The number of carbonyl (C=O) groups excluding carboxylic acids is 1. The predicted octanol–water partition coefficient (Wildman–Crippen LogP) is 1.38. The van der Waals surface area contributed by atoms with Crippen molar-refractivity contribution in [2.45, 2.75) is 6.92 Å². The molecule has 4 nitrogen and oxygen atoms in total. The number of hydrogen-bond acceptors (Lipinski definition) is 3. The molecule has 0 spiro atoms. The van der Waals surface area contributed by atoms with Crippen molar-refractivity contribution < 1.29 is 14.7 Å². The van der Waals surface area contributed by atoms with E-state index in [4.69, 9.17) is 10.4 Å². The molecule has 70 valence electrons. The zero-order valence-electron chi connectivity index (χ0n) is 7.44. The maximum Gasteiger partial charge on any atom is 0.337 e. The number of nitrogens with zero attached hydrogens (tertiary/aromatic N) is 1. The summed E-state index contributed by atoms with van der Waals surface area (Å²) in [5, 5.41) is 17.5. The second-order valence-electron chi connectivity index (χ2n) is 2.74. The van der Waals surface area contributed by atoms with Gasteiger partial charge in [-0.25, -0.2) is 4.79 Å². The number of carboxylic acids is 1. The molecule has 0 aliphatic rings. The fourth-order valence-electron chi connectivity index (χ4n) is 1.22. The van der Waals surface area contributed by atoms with Gasteiger partial charge in [-0.05, 0) is 18.6 Å². The number of benzene rings is 1. The van der Waals surface area contributed by atoms with E-state index in [1.54, 1.807) is 6.07 Å². The summed E-state index contributed by atoms with van der Waals surface area (Å²) in [4.78, 5) is 21.3. The number of aromatic carboxylic acids is 1. The second-order valence-corrected chi connectivity index (χ2v) is 2.74. The highest BCUT2D eigenvalue weighted by atomic mass is 16.4. The van der Waals surface area contributed by atoms with Crippen LogP contribution in [0.5, 0.6) is 0 Å². The molecule has 1 N–H and O–H groups in total. The number of aldehydes is 1. The molecular weight excluding hydrogens is 182 g/mol. The Hall–Kier alpha value is -2.15. The number of nitriles is 1. The first kappa shape index (κ1) is 9.93. The van der Waals surface area contributed by atoms with Crippen molar-refractivity contribution in [3.8, 4) is 6.07 Å². The number of rotatable bonds is 2. The second kappa shape index (κ2) is 3.71. The van der Waals surface area contributed by atoms with Gasteiger partial charge in [-0.1, -0.05) is 6.07 Å². The van der Waals surface area contributed by atoms with Crippen LogP contribution in [0, 0.1) is 18.3 Å². The summed E-state index contributed by atoms with van der Waals surface area (Å²) in [5.74, 6) is -1.19. The lowest BCUT2D eigenvalue weighted by Gasteiger charge is -2.04. The summed E-state index contributed by atoms with van der Waals surface area (Å²) in [7, 11) is 0. The van der Waals surface area contributed by atoms with Gasteiger partial charge in [0.1, 0.15) is 12.4 Å². The molecule has 0 bridgehead atoms. The molecule has 14 heavy (non-hydrogen) atoms. The van der Waals surface area contributed by atoms with Gasteiger partial charge >= 0.3 is 5.97 Å². The van der Waals surface area contributed by atoms with Crippen LogP contribution in [0.4, 0.5) is 0 Å². The molecule has 0 saturated heterocycles. The Morgan fingerprint density at radius 3 is 2.64 bits per heavy atom. The summed E-state index contributed by atoms with van der Waals surface area (Å²) >= 11 is 0. The smallest absolute Gasteiger partial charge is 0.337 e. The lowest BCUT2D eigenvalue weighted by atomic mass is 9.98. The van der Waals surface area contributed by atoms with Crippen LogP contribution in [-0.2, 0) is 0 Å². The molecule has 0 aliphatic carbocycles. The van der Waals surface area contributed by atoms with Gasteiger partial charge in [-0.2, -0.15) is 5.26 Å². The molecule has 0 heterocycles. The van der Waals surface area contributed by atoms with Gasteiger partial charge in [0, 0.05) is 5.56 Å². The van der Waals surface area contributed by atoms with Crippen LogP contribution in [-0.4, -0.2) is 17.4 Å². The first-order chi connectivity index (χ1) is 6.61. The molecule has 1 aromatic rings. The van der Waals surface area contributed by atoms with E-state index in [1.165, 1.54) is 19.1 Å². The van der Waals surface area contributed by atoms with Crippen LogP contribution < -0.4 is 0 Å². The fourth-order valence-corrected chi connectivity index (χ4v) is 1.22. The van der Waals surface area contributed by atoms with Gasteiger partial charge in [0.2, 0.25) is 0 Å². The zero-order valence-corrected chi connectivity index (χ0v) is 7.44. The minimum Gasteiger partial charge on any atom is -0.478 e. The van der Waals surface area contributed by atoms with Crippen molar-refractivity contribution in [3.05, 3.63) is 34.4 Å². The largest absolute Gasteiger partial charge is 0.478 e. The van der Waals surface area contributed by atoms with Crippen molar-refractivity contribution in [3.63, 3.8) is 0 Å². The highest BCUT2D eigenvalue weighted by Gasteiger charge is 2.15. The van der Waals surface area contributed by atoms with Crippen molar-refractivity contribution >= 4 is 12.3 Å². The van der Waals surface area contributed by atoms with Gasteiger partial charge in [-0.15, -0.1) is 0 Å². The van der Waals surface area contributed by atoms with E-state index in [-0.39, 0.29) is 11.1 Å². The van der Waals surface area contributed by atoms with Crippen LogP contribution in [0.25, 0.3) is 0 Å². The Balaban J connectivity index is 3.56. The summed E-state index contributed by atoms with van der Waals surface area (Å²) < 4.78 is 0. The number of carboxylic acid groups (broad SMARTS) is 1. The van der Waals surface area contributed by atoms with Crippen LogP contribution in [0.2, 0.25) is 0 Å². The van der Waals surface area contributed by atoms with Crippen molar-refractivity contribution in [1.82, 2.24) is 0 Å². The van der Waals surface area contributed by atoms with Gasteiger partial charge < -0.3 is 5.11 Å². The maximum atomic E-state index is 10.8. The minimum atomic E-state index is -1.19.